The fraction of sp³-hybridized carbons (Fsp3) is 0.143. The van der Waals surface area contributed by atoms with Gasteiger partial charge in [-0.3, -0.25) is 0 Å². The van der Waals surface area contributed by atoms with E-state index < -0.39 is 0 Å². The van der Waals surface area contributed by atoms with Crippen LogP contribution in [0.25, 0.3) is 27.8 Å². The summed E-state index contributed by atoms with van der Waals surface area (Å²) in [6.07, 6.45) is 5.02. The summed E-state index contributed by atoms with van der Waals surface area (Å²) in [5.41, 5.74) is 19.4. The summed E-state index contributed by atoms with van der Waals surface area (Å²) in [5.74, 6) is 6.73. The second-order valence-electron chi connectivity index (χ2n) is 12.9. The monoisotopic (exact) mass is 549 g/mol. The van der Waals surface area contributed by atoms with Gasteiger partial charge in [0, 0.05) is 23.2 Å². The van der Waals surface area contributed by atoms with Crippen molar-refractivity contribution in [2.45, 2.75) is 38.0 Å². The highest BCUT2D eigenvalue weighted by Crippen LogP contribution is 2.63. The van der Waals surface area contributed by atoms with Crippen molar-refractivity contribution in [3.05, 3.63) is 160 Å². The maximum Gasteiger partial charge on any atom is 0.0698 e. The summed E-state index contributed by atoms with van der Waals surface area (Å²) in [5, 5.41) is 3.82. The zero-order chi connectivity index (χ0) is 28.9. The third kappa shape index (κ3) is 3.13. The van der Waals surface area contributed by atoms with Crippen molar-refractivity contribution >= 4 is 16.9 Å². The minimum Gasteiger partial charge on any atom is -0.356 e. The lowest BCUT2D eigenvalue weighted by molar-refractivity contribution is 0.660. The number of hydrogen-bond donors (Lipinski definition) is 1. The first-order valence-electron chi connectivity index (χ1n) is 15.2. The maximum absolute atomic E-state index is 3.82. The van der Waals surface area contributed by atoms with Crippen LogP contribution in [0.5, 0.6) is 0 Å². The minimum absolute atomic E-state index is 0.0322. The number of allylic oxidation sites excluding steroid dienone is 4. The molecule has 4 aliphatic rings. The highest BCUT2D eigenvalue weighted by atomic mass is 14.9. The SMILES string of the molecule is Cc1ccc2c(c1)C1(C3=C2C=CC#CC3)c2ccccc2-c2ccc(Nc3ccc4c(c3)C(C)(C)c3ccccc3-4)cc21. The van der Waals surface area contributed by atoms with Gasteiger partial charge in [0.2, 0.25) is 0 Å². The molecule has 5 aromatic carbocycles. The fourth-order valence-corrected chi connectivity index (χ4v) is 8.39. The molecule has 1 heteroatoms. The number of hydrogen-bond acceptors (Lipinski definition) is 1. The van der Waals surface area contributed by atoms with Crippen LogP contribution in [0.4, 0.5) is 11.4 Å². The van der Waals surface area contributed by atoms with Crippen LogP contribution in [0.1, 0.15) is 59.2 Å². The molecule has 1 nitrogen and oxygen atoms in total. The van der Waals surface area contributed by atoms with Crippen LogP contribution in [0, 0.1) is 18.8 Å². The predicted octanol–water partition coefficient (Wildman–Crippen LogP) is 10.1. The summed E-state index contributed by atoms with van der Waals surface area (Å²) in [6.45, 7) is 6.89. The molecule has 4 aliphatic carbocycles. The number of rotatable bonds is 2. The normalized spacial score (nSPS) is 19.0. The number of benzene rings is 5. The standard InChI is InChI=1S/C42H31N/c1-26-17-20-33-30-11-5-4-6-15-36(30)42(39(33)23-26)37-16-10-8-13-31(37)34-22-19-28(25-40(34)42)43-27-18-21-32-29-12-7-9-14-35(29)41(2,3)38(32)24-27/h5,7-14,16-25,43H,15H2,1-3H3. The van der Waals surface area contributed by atoms with Gasteiger partial charge in [0.05, 0.1) is 5.41 Å². The van der Waals surface area contributed by atoms with Crippen molar-refractivity contribution in [3.63, 3.8) is 0 Å². The van der Waals surface area contributed by atoms with E-state index in [0.717, 1.165) is 17.8 Å². The van der Waals surface area contributed by atoms with Crippen LogP contribution in [-0.4, -0.2) is 0 Å². The largest absolute Gasteiger partial charge is 0.356 e. The molecule has 0 heterocycles. The Morgan fingerprint density at radius 1 is 0.605 bits per heavy atom. The molecular formula is C42H31N. The molecule has 0 aromatic heterocycles. The van der Waals surface area contributed by atoms with Gasteiger partial charge in [0.25, 0.3) is 0 Å². The van der Waals surface area contributed by atoms with Crippen LogP contribution in [0.3, 0.4) is 0 Å². The highest BCUT2D eigenvalue weighted by molar-refractivity contribution is 5.98. The van der Waals surface area contributed by atoms with Crippen LogP contribution in [0.2, 0.25) is 0 Å². The van der Waals surface area contributed by atoms with E-state index in [4.69, 9.17) is 0 Å². The highest BCUT2D eigenvalue weighted by Gasteiger charge is 2.52. The van der Waals surface area contributed by atoms with Crippen LogP contribution in [0.15, 0.2) is 121 Å². The molecule has 0 amide bonds. The van der Waals surface area contributed by atoms with Gasteiger partial charge in [-0.25, -0.2) is 0 Å². The van der Waals surface area contributed by atoms with E-state index in [2.05, 4.69) is 147 Å². The van der Waals surface area contributed by atoms with Gasteiger partial charge >= 0.3 is 0 Å². The molecule has 9 rings (SSSR count). The molecular weight excluding hydrogens is 518 g/mol. The lowest BCUT2D eigenvalue weighted by Gasteiger charge is -2.32. The Morgan fingerprint density at radius 3 is 2.00 bits per heavy atom. The van der Waals surface area contributed by atoms with Crippen molar-refractivity contribution in [1.82, 2.24) is 0 Å². The van der Waals surface area contributed by atoms with Crippen LogP contribution in [-0.2, 0) is 10.8 Å². The van der Waals surface area contributed by atoms with Crippen molar-refractivity contribution in [3.8, 4) is 34.1 Å². The molecule has 0 saturated carbocycles. The molecule has 0 saturated heterocycles. The molecule has 43 heavy (non-hydrogen) atoms. The Labute approximate surface area is 253 Å². The topological polar surface area (TPSA) is 12.0 Å². The van der Waals surface area contributed by atoms with E-state index in [9.17, 15) is 0 Å². The van der Waals surface area contributed by atoms with Gasteiger partial charge < -0.3 is 5.32 Å². The summed E-state index contributed by atoms with van der Waals surface area (Å²) in [4.78, 5) is 0. The lowest BCUT2D eigenvalue weighted by atomic mass is 9.68. The van der Waals surface area contributed by atoms with Gasteiger partial charge in [0.1, 0.15) is 0 Å². The van der Waals surface area contributed by atoms with E-state index in [1.807, 2.05) is 6.08 Å². The first kappa shape index (κ1) is 24.5. The van der Waals surface area contributed by atoms with Gasteiger partial charge in [-0.05, 0) is 110 Å². The van der Waals surface area contributed by atoms with Crippen LogP contribution < -0.4 is 5.32 Å². The Morgan fingerprint density at radius 2 is 1.21 bits per heavy atom. The number of nitrogens with one attached hydrogen (secondary N) is 1. The summed E-state index contributed by atoms with van der Waals surface area (Å²) >= 11 is 0. The minimum atomic E-state index is -0.356. The quantitative estimate of drug-likeness (QED) is 0.216. The van der Waals surface area contributed by atoms with Gasteiger partial charge in [0.15, 0.2) is 0 Å². The van der Waals surface area contributed by atoms with E-state index in [1.165, 1.54) is 72.3 Å². The molecule has 1 N–H and O–H groups in total. The molecule has 0 aliphatic heterocycles. The third-order valence-corrected chi connectivity index (χ3v) is 10.3. The Kier molecular flexibility index (Phi) is 4.85. The summed E-state index contributed by atoms with van der Waals surface area (Å²) in [6, 6.07) is 38.7. The Balaban J connectivity index is 1.22. The summed E-state index contributed by atoms with van der Waals surface area (Å²) < 4.78 is 0. The molecule has 0 radical (unpaired) electrons. The van der Waals surface area contributed by atoms with E-state index in [0.29, 0.717) is 0 Å². The average Bonchev–Trinajstić information content (AvgIpc) is 3.43. The number of anilines is 2. The Bertz CT molecular complexity index is 2180. The van der Waals surface area contributed by atoms with Gasteiger partial charge in [-0.1, -0.05) is 110 Å². The van der Waals surface area contributed by atoms with Crippen LogP contribution >= 0.6 is 0 Å². The number of fused-ring (bicyclic) bond motifs is 12. The second-order valence-corrected chi connectivity index (χ2v) is 12.9. The maximum atomic E-state index is 3.82. The van der Waals surface area contributed by atoms with Crippen molar-refractivity contribution in [2.24, 2.45) is 0 Å². The fourth-order valence-electron chi connectivity index (χ4n) is 8.39. The first-order chi connectivity index (χ1) is 21.0. The molecule has 0 bridgehead atoms. The first-order valence-corrected chi connectivity index (χ1v) is 15.2. The average molecular weight is 550 g/mol. The van der Waals surface area contributed by atoms with Crippen molar-refractivity contribution in [1.29, 1.82) is 0 Å². The molecule has 1 spiro atoms. The molecule has 204 valence electrons. The molecule has 0 fully saturated rings. The second kappa shape index (κ2) is 8.50. The zero-order valence-electron chi connectivity index (χ0n) is 24.7. The van der Waals surface area contributed by atoms with E-state index in [-0.39, 0.29) is 10.8 Å². The summed E-state index contributed by atoms with van der Waals surface area (Å²) in [7, 11) is 0. The predicted molar refractivity (Wildman–Crippen MR) is 179 cm³/mol. The number of aryl methyl sites for hydroxylation is 1. The lowest BCUT2D eigenvalue weighted by Crippen LogP contribution is -2.27. The van der Waals surface area contributed by atoms with Crippen molar-refractivity contribution in [2.75, 3.05) is 5.32 Å². The third-order valence-electron chi connectivity index (χ3n) is 10.3. The smallest absolute Gasteiger partial charge is 0.0698 e. The zero-order valence-corrected chi connectivity index (χ0v) is 24.7. The molecule has 1 unspecified atom stereocenters. The van der Waals surface area contributed by atoms with E-state index in [1.54, 1.807) is 0 Å². The molecule has 1 atom stereocenters. The Hall–Kier alpha value is -5.06. The van der Waals surface area contributed by atoms with E-state index >= 15 is 0 Å². The van der Waals surface area contributed by atoms with Gasteiger partial charge in [-0.15, -0.1) is 0 Å². The van der Waals surface area contributed by atoms with Gasteiger partial charge in [-0.2, -0.15) is 0 Å². The molecule has 5 aromatic rings. The van der Waals surface area contributed by atoms with Crippen molar-refractivity contribution < 1.29 is 0 Å².